The third-order valence-corrected chi connectivity index (χ3v) is 5.06. The summed E-state index contributed by atoms with van der Waals surface area (Å²) in [4.78, 5) is 14.9. The summed E-state index contributed by atoms with van der Waals surface area (Å²) in [6.07, 6.45) is 3.14. The molecule has 0 aliphatic carbocycles. The van der Waals surface area contributed by atoms with Crippen molar-refractivity contribution < 1.29 is 4.79 Å². The first-order valence-electron chi connectivity index (χ1n) is 7.41. The highest BCUT2D eigenvalue weighted by molar-refractivity contribution is 14.1. The van der Waals surface area contributed by atoms with Gasteiger partial charge in [0.2, 0.25) is 0 Å². The summed E-state index contributed by atoms with van der Waals surface area (Å²) in [6, 6.07) is 6.41. The first-order valence-corrected chi connectivity index (χ1v) is 8.49. The van der Waals surface area contributed by atoms with Crippen LogP contribution in [0.1, 0.15) is 42.1 Å². The maximum absolute atomic E-state index is 12.8. The van der Waals surface area contributed by atoms with E-state index >= 15 is 0 Å². The molecular formula is C16H23IN2O. The molecule has 0 unspecified atom stereocenters. The van der Waals surface area contributed by atoms with Gasteiger partial charge in [0, 0.05) is 21.7 Å². The summed E-state index contributed by atoms with van der Waals surface area (Å²) >= 11 is 2.30. The Hall–Kier alpha value is -0.620. The van der Waals surface area contributed by atoms with Crippen LogP contribution in [0.3, 0.4) is 0 Å². The fourth-order valence-corrected chi connectivity index (χ4v) is 3.22. The molecule has 1 saturated heterocycles. The van der Waals surface area contributed by atoms with Crippen molar-refractivity contribution in [1.29, 1.82) is 0 Å². The largest absolute Gasteiger partial charge is 0.336 e. The van der Waals surface area contributed by atoms with E-state index < -0.39 is 0 Å². The van der Waals surface area contributed by atoms with E-state index in [1.165, 1.54) is 5.56 Å². The fraction of sp³-hybridized carbons (Fsp3) is 0.562. The first-order chi connectivity index (χ1) is 9.63. The van der Waals surface area contributed by atoms with Gasteiger partial charge in [-0.1, -0.05) is 13.0 Å². The summed E-state index contributed by atoms with van der Waals surface area (Å²) in [6.45, 7) is 7.11. The van der Waals surface area contributed by atoms with Crippen LogP contribution in [0.5, 0.6) is 0 Å². The Labute approximate surface area is 135 Å². The molecule has 0 radical (unpaired) electrons. The summed E-state index contributed by atoms with van der Waals surface area (Å²) in [5, 5.41) is 3.37. The number of carbonyl (C=O) groups excluding carboxylic acids is 1. The van der Waals surface area contributed by atoms with Crippen LogP contribution in [0.2, 0.25) is 0 Å². The van der Waals surface area contributed by atoms with Gasteiger partial charge in [-0.05, 0) is 79.6 Å². The van der Waals surface area contributed by atoms with Crippen molar-refractivity contribution in [2.24, 2.45) is 0 Å². The standard InChI is InChI=1S/C16H23IN2O/c1-3-10-19(14-6-8-18-9-7-14)16(20)13-5-4-12(2)15(17)11-13/h4-5,11,14,18H,3,6-10H2,1-2H3. The molecule has 0 spiro atoms. The molecule has 0 atom stereocenters. The number of hydrogen-bond acceptors (Lipinski definition) is 2. The van der Waals surface area contributed by atoms with Crippen LogP contribution in [-0.2, 0) is 0 Å². The average Bonchev–Trinajstić information content (AvgIpc) is 2.48. The molecule has 1 aromatic rings. The van der Waals surface area contributed by atoms with Gasteiger partial charge in [-0.3, -0.25) is 4.79 Å². The predicted molar refractivity (Wildman–Crippen MR) is 91.1 cm³/mol. The predicted octanol–water partition coefficient (Wildman–Crippen LogP) is 3.20. The number of nitrogens with one attached hydrogen (secondary N) is 1. The molecule has 0 saturated carbocycles. The van der Waals surface area contributed by atoms with E-state index in [-0.39, 0.29) is 5.91 Å². The number of rotatable bonds is 4. The minimum atomic E-state index is 0.191. The second kappa shape index (κ2) is 7.41. The highest BCUT2D eigenvalue weighted by atomic mass is 127. The van der Waals surface area contributed by atoms with Crippen LogP contribution in [-0.4, -0.2) is 36.5 Å². The Balaban J connectivity index is 2.18. The van der Waals surface area contributed by atoms with Gasteiger partial charge in [-0.25, -0.2) is 0 Å². The number of hydrogen-bond donors (Lipinski definition) is 1. The molecule has 110 valence electrons. The van der Waals surface area contributed by atoms with Crippen molar-refractivity contribution in [2.75, 3.05) is 19.6 Å². The minimum Gasteiger partial charge on any atom is -0.336 e. The van der Waals surface area contributed by atoms with E-state index in [9.17, 15) is 4.79 Å². The Morgan fingerprint density at radius 2 is 2.10 bits per heavy atom. The van der Waals surface area contributed by atoms with E-state index in [1.807, 2.05) is 18.2 Å². The SMILES string of the molecule is CCCN(C(=O)c1ccc(C)c(I)c1)C1CCNCC1. The zero-order valence-electron chi connectivity index (χ0n) is 12.3. The molecule has 0 aromatic heterocycles. The van der Waals surface area contributed by atoms with Gasteiger partial charge in [0.1, 0.15) is 0 Å². The number of amides is 1. The van der Waals surface area contributed by atoms with Gasteiger partial charge in [0.25, 0.3) is 5.91 Å². The highest BCUT2D eigenvalue weighted by Gasteiger charge is 2.25. The minimum absolute atomic E-state index is 0.191. The Morgan fingerprint density at radius 1 is 1.40 bits per heavy atom. The number of benzene rings is 1. The van der Waals surface area contributed by atoms with Crippen molar-refractivity contribution in [3.05, 3.63) is 32.9 Å². The topological polar surface area (TPSA) is 32.3 Å². The summed E-state index contributed by atoms with van der Waals surface area (Å²) < 4.78 is 1.16. The quantitative estimate of drug-likeness (QED) is 0.807. The zero-order chi connectivity index (χ0) is 14.5. The van der Waals surface area contributed by atoms with Crippen molar-refractivity contribution in [2.45, 2.75) is 39.2 Å². The maximum Gasteiger partial charge on any atom is 0.254 e. The van der Waals surface area contributed by atoms with Gasteiger partial charge in [0.15, 0.2) is 0 Å². The third kappa shape index (κ3) is 3.73. The maximum atomic E-state index is 12.8. The Morgan fingerprint density at radius 3 is 2.70 bits per heavy atom. The van der Waals surface area contributed by atoms with Gasteiger partial charge >= 0.3 is 0 Å². The second-order valence-electron chi connectivity index (χ2n) is 5.44. The zero-order valence-corrected chi connectivity index (χ0v) is 14.4. The number of piperidine rings is 1. The molecule has 1 aliphatic rings. The lowest BCUT2D eigenvalue weighted by molar-refractivity contribution is 0.0642. The van der Waals surface area contributed by atoms with Crippen LogP contribution in [0.4, 0.5) is 0 Å². The number of aryl methyl sites for hydroxylation is 1. The van der Waals surface area contributed by atoms with Crippen LogP contribution < -0.4 is 5.32 Å². The van der Waals surface area contributed by atoms with Crippen LogP contribution in [0, 0.1) is 10.5 Å². The summed E-state index contributed by atoms with van der Waals surface area (Å²) in [7, 11) is 0. The molecule has 20 heavy (non-hydrogen) atoms. The van der Waals surface area contributed by atoms with E-state index in [4.69, 9.17) is 0 Å². The molecule has 1 N–H and O–H groups in total. The molecule has 3 nitrogen and oxygen atoms in total. The van der Waals surface area contributed by atoms with E-state index in [0.717, 1.165) is 48.0 Å². The smallest absolute Gasteiger partial charge is 0.254 e. The van der Waals surface area contributed by atoms with Gasteiger partial charge in [-0.2, -0.15) is 0 Å². The monoisotopic (exact) mass is 386 g/mol. The van der Waals surface area contributed by atoms with E-state index in [0.29, 0.717) is 6.04 Å². The number of halogens is 1. The molecule has 1 aliphatic heterocycles. The van der Waals surface area contributed by atoms with Crippen LogP contribution in [0.25, 0.3) is 0 Å². The third-order valence-electron chi connectivity index (χ3n) is 3.89. The Bertz CT molecular complexity index is 470. The van der Waals surface area contributed by atoms with E-state index in [2.05, 4.69) is 46.7 Å². The lowest BCUT2D eigenvalue weighted by Crippen LogP contribution is -2.46. The van der Waals surface area contributed by atoms with Crippen LogP contribution in [0.15, 0.2) is 18.2 Å². The molecule has 1 heterocycles. The van der Waals surface area contributed by atoms with Gasteiger partial charge < -0.3 is 10.2 Å². The molecule has 4 heteroatoms. The molecule has 1 fully saturated rings. The van der Waals surface area contributed by atoms with Crippen molar-refractivity contribution >= 4 is 28.5 Å². The summed E-state index contributed by atoms with van der Waals surface area (Å²) in [5.41, 5.74) is 2.05. The lowest BCUT2D eigenvalue weighted by atomic mass is 10.0. The number of nitrogens with zero attached hydrogens (tertiary/aromatic N) is 1. The highest BCUT2D eigenvalue weighted by Crippen LogP contribution is 2.19. The average molecular weight is 386 g/mol. The van der Waals surface area contributed by atoms with Gasteiger partial charge in [0.05, 0.1) is 0 Å². The second-order valence-corrected chi connectivity index (χ2v) is 6.61. The van der Waals surface area contributed by atoms with E-state index in [1.54, 1.807) is 0 Å². The van der Waals surface area contributed by atoms with Gasteiger partial charge in [-0.15, -0.1) is 0 Å². The fourth-order valence-electron chi connectivity index (χ4n) is 2.70. The van der Waals surface area contributed by atoms with Crippen molar-refractivity contribution in [3.8, 4) is 0 Å². The number of carbonyl (C=O) groups is 1. The van der Waals surface area contributed by atoms with Crippen LogP contribution >= 0.6 is 22.6 Å². The molecular weight excluding hydrogens is 363 g/mol. The molecule has 2 rings (SSSR count). The Kier molecular flexibility index (Phi) is 5.84. The normalized spacial score (nSPS) is 16.1. The molecule has 1 aromatic carbocycles. The molecule has 0 bridgehead atoms. The van der Waals surface area contributed by atoms with Crippen molar-refractivity contribution in [3.63, 3.8) is 0 Å². The molecule has 1 amide bonds. The summed E-state index contributed by atoms with van der Waals surface area (Å²) in [5.74, 6) is 0.191. The lowest BCUT2D eigenvalue weighted by Gasteiger charge is -2.34. The first kappa shape index (κ1) is 15.8. The van der Waals surface area contributed by atoms with Crippen molar-refractivity contribution in [1.82, 2.24) is 10.2 Å².